The van der Waals surface area contributed by atoms with Crippen LogP contribution in [0.15, 0.2) is 23.6 Å². The lowest BCUT2D eigenvalue weighted by molar-refractivity contribution is 0.0697. The van der Waals surface area contributed by atoms with E-state index < -0.39 is 5.97 Å². The summed E-state index contributed by atoms with van der Waals surface area (Å²) in [5, 5.41) is 10.6. The second-order valence-corrected chi connectivity index (χ2v) is 5.06. The molecule has 0 saturated carbocycles. The van der Waals surface area contributed by atoms with Gasteiger partial charge in [0.1, 0.15) is 5.75 Å². The van der Waals surface area contributed by atoms with Crippen LogP contribution in [0, 0.1) is 13.8 Å². The number of thiophene rings is 1. The van der Waals surface area contributed by atoms with E-state index >= 15 is 0 Å². The molecule has 0 unspecified atom stereocenters. The molecule has 1 aromatic heterocycles. The van der Waals surface area contributed by atoms with Gasteiger partial charge in [0.15, 0.2) is 0 Å². The maximum atomic E-state index is 10.9. The number of carboxylic acids is 1. The molecule has 2 rings (SSSR count). The molecule has 2 aromatic rings. The Balaban J connectivity index is 2.47. The molecular formula is C14H14O3S. The Morgan fingerprint density at radius 1 is 1.22 bits per heavy atom. The average molecular weight is 262 g/mol. The number of ether oxygens (including phenoxy) is 1. The van der Waals surface area contributed by atoms with Crippen molar-refractivity contribution in [2.45, 2.75) is 13.8 Å². The van der Waals surface area contributed by atoms with Gasteiger partial charge in [0.2, 0.25) is 0 Å². The van der Waals surface area contributed by atoms with E-state index in [0.717, 1.165) is 27.3 Å². The first kappa shape index (κ1) is 12.6. The summed E-state index contributed by atoms with van der Waals surface area (Å²) in [6.07, 6.45) is 0. The van der Waals surface area contributed by atoms with Gasteiger partial charge in [-0.15, -0.1) is 11.3 Å². The van der Waals surface area contributed by atoms with Crippen LogP contribution in [0.3, 0.4) is 0 Å². The lowest BCUT2D eigenvalue weighted by Crippen LogP contribution is -1.92. The van der Waals surface area contributed by atoms with Gasteiger partial charge in [-0.3, -0.25) is 0 Å². The Labute approximate surface area is 110 Å². The molecule has 0 radical (unpaired) electrons. The number of aromatic carboxylic acids is 1. The van der Waals surface area contributed by atoms with Crippen molar-refractivity contribution >= 4 is 17.3 Å². The molecule has 0 spiro atoms. The van der Waals surface area contributed by atoms with E-state index in [1.165, 1.54) is 11.3 Å². The molecule has 94 valence electrons. The van der Waals surface area contributed by atoms with E-state index in [2.05, 4.69) is 0 Å². The van der Waals surface area contributed by atoms with Crippen molar-refractivity contribution in [3.05, 3.63) is 40.3 Å². The molecule has 4 heteroatoms. The molecule has 0 aliphatic carbocycles. The minimum Gasteiger partial charge on any atom is -0.496 e. The Kier molecular flexibility index (Phi) is 3.39. The number of benzene rings is 1. The van der Waals surface area contributed by atoms with Crippen molar-refractivity contribution in [2.75, 3.05) is 7.11 Å². The van der Waals surface area contributed by atoms with Gasteiger partial charge in [-0.05, 0) is 48.7 Å². The summed E-state index contributed by atoms with van der Waals surface area (Å²) in [4.78, 5) is 11.8. The highest BCUT2D eigenvalue weighted by atomic mass is 32.1. The van der Waals surface area contributed by atoms with Crippen molar-refractivity contribution in [2.24, 2.45) is 0 Å². The highest BCUT2D eigenvalue weighted by molar-refractivity contribution is 7.13. The fourth-order valence-electron chi connectivity index (χ4n) is 2.01. The van der Waals surface area contributed by atoms with Crippen LogP contribution in [-0.2, 0) is 0 Å². The lowest BCUT2D eigenvalue weighted by atomic mass is 10.0. The first-order chi connectivity index (χ1) is 8.52. The van der Waals surface area contributed by atoms with E-state index in [4.69, 9.17) is 9.84 Å². The third-order valence-electron chi connectivity index (χ3n) is 2.80. The highest BCUT2D eigenvalue weighted by Crippen LogP contribution is 2.33. The van der Waals surface area contributed by atoms with Crippen LogP contribution < -0.4 is 4.74 Å². The Morgan fingerprint density at radius 3 is 2.28 bits per heavy atom. The van der Waals surface area contributed by atoms with E-state index in [1.807, 2.05) is 26.0 Å². The number of aryl methyl sites for hydroxylation is 2. The summed E-state index contributed by atoms with van der Waals surface area (Å²) in [6, 6.07) is 5.74. The summed E-state index contributed by atoms with van der Waals surface area (Å²) in [5.41, 5.74) is 3.47. The van der Waals surface area contributed by atoms with Crippen LogP contribution in [0.1, 0.15) is 21.5 Å². The topological polar surface area (TPSA) is 46.5 Å². The summed E-state index contributed by atoms with van der Waals surface area (Å²) >= 11 is 1.44. The van der Waals surface area contributed by atoms with Gasteiger partial charge in [0.05, 0.1) is 12.7 Å². The normalized spacial score (nSPS) is 10.4. The zero-order valence-corrected chi connectivity index (χ0v) is 11.3. The summed E-state index contributed by atoms with van der Waals surface area (Å²) in [5.74, 6) is -0.00628. The number of rotatable bonds is 3. The smallest absolute Gasteiger partial charge is 0.336 e. The number of hydrogen-bond donors (Lipinski definition) is 1. The molecule has 0 saturated heterocycles. The van der Waals surface area contributed by atoms with Crippen LogP contribution in [0.5, 0.6) is 5.75 Å². The number of carboxylic acid groups (broad SMARTS) is 1. The van der Waals surface area contributed by atoms with Gasteiger partial charge < -0.3 is 9.84 Å². The predicted molar refractivity (Wildman–Crippen MR) is 72.7 cm³/mol. The number of hydrogen-bond acceptors (Lipinski definition) is 3. The molecule has 0 fully saturated rings. The number of carbonyl (C=O) groups is 1. The zero-order chi connectivity index (χ0) is 13.3. The van der Waals surface area contributed by atoms with Gasteiger partial charge in [-0.1, -0.05) is 0 Å². The molecular weight excluding hydrogens is 248 g/mol. The molecule has 3 nitrogen and oxygen atoms in total. The van der Waals surface area contributed by atoms with Crippen LogP contribution in [0.2, 0.25) is 0 Å². The Morgan fingerprint density at radius 2 is 1.83 bits per heavy atom. The quantitative estimate of drug-likeness (QED) is 0.916. The summed E-state index contributed by atoms with van der Waals surface area (Å²) < 4.78 is 5.32. The molecule has 0 atom stereocenters. The maximum Gasteiger partial charge on any atom is 0.336 e. The third kappa shape index (κ3) is 2.24. The van der Waals surface area contributed by atoms with Crippen LogP contribution in [0.4, 0.5) is 0 Å². The van der Waals surface area contributed by atoms with Crippen molar-refractivity contribution in [3.8, 4) is 16.2 Å². The molecule has 0 bridgehead atoms. The molecule has 1 heterocycles. The van der Waals surface area contributed by atoms with Crippen LogP contribution in [-0.4, -0.2) is 18.2 Å². The Hall–Kier alpha value is -1.81. The highest BCUT2D eigenvalue weighted by Gasteiger charge is 2.11. The zero-order valence-electron chi connectivity index (χ0n) is 10.5. The van der Waals surface area contributed by atoms with E-state index in [1.54, 1.807) is 18.6 Å². The Bertz CT molecular complexity index is 576. The van der Waals surface area contributed by atoms with Gasteiger partial charge in [0, 0.05) is 10.3 Å². The number of methoxy groups -OCH3 is 1. The minimum atomic E-state index is -0.889. The van der Waals surface area contributed by atoms with Gasteiger partial charge in [-0.25, -0.2) is 4.79 Å². The van der Waals surface area contributed by atoms with Gasteiger partial charge in [-0.2, -0.15) is 0 Å². The van der Waals surface area contributed by atoms with Crippen molar-refractivity contribution < 1.29 is 14.6 Å². The fraction of sp³-hybridized carbons (Fsp3) is 0.214. The second kappa shape index (κ2) is 4.82. The molecule has 1 N–H and O–H groups in total. The standard InChI is InChI=1S/C14H14O3S/c1-8-4-10(5-9(2)13(8)17-3)12-6-11(7-18-12)14(15)16/h4-7H,1-3H3,(H,15,16). The lowest BCUT2D eigenvalue weighted by Gasteiger charge is -2.10. The monoisotopic (exact) mass is 262 g/mol. The molecule has 0 aliphatic rings. The molecule has 0 aliphatic heterocycles. The van der Waals surface area contributed by atoms with Gasteiger partial charge >= 0.3 is 5.97 Å². The maximum absolute atomic E-state index is 10.9. The first-order valence-corrected chi connectivity index (χ1v) is 6.38. The molecule has 18 heavy (non-hydrogen) atoms. The fourth-order valence-corrected chi connectivity index (χ4v) is 2.89. The first-order valence-electron chi connectivity index (χ1n) is 5.50. The predicted octanol–water partition coefficient (Wildman–Crippen LogP) is 3.74. The van der Waals surface area contributed by atoms with E-state index in [0.29, 0.717) is 5.56 Å². The van der Waals surface area contributed by atoms with Crippen molar-refractivity contribution in [1.82, 2.24) is 0 Å². The molecule has 1 aromatic carbocycles. The van der Waals surface area contributed by atoms with Crippen LogP contribution >= 0.6 is 11.3 Å². The minimum absolute atomic E-state index is 0.334. The van der Waals surface area contributed by atoms with E-state index in [-0.39, 0.29) is 0 Å². The summed E-state index contributed by atoms with van der Waals surface area (Å²) in [6.45, 7) is 3.97. The molecule has 0 amide bonds. The van der Waals surface area contributed by atoms with Crippen molar-refractivity contribution in [3.63, 3.8) is 0 Å². The largest absolute Gasteiger partial charge is 0.496 e. The second-order valence-electron chi connectivity index (χ2n) is 4.15. The third-order valence-corrected chi connectivity index (χ3v) is 3.77. The average Bonchev–Trinajstić information content (AvgIpc) is 2.77. The van der Waals surface area contributed by atoms with Crippen LogP contribution in [0.25, 0.3) is 10.4 Å². The SMILES string of the molecule is COc1c(C)cc(-c2cc(C(=O)O)cs2)cc1C. The van der Waals surface area contributed by atoms with Gasteiger partial charge in [0.25, 0.3) is 0 Å². The van der Waals surface area contributed by atoms with E-state index in [9.17, 15) is 4.79 Å². The van der Waals surface area contributed by atoms with Crippen molar-refractivity contribution in [1.29, 1.82) is 0 Å². The summed E-state index contributed by atoms with van der Waals surface area (Å²) in [7, 11) is 1.66.